The van der Waals surface area contributed by atoms with Gasteiger partial charge >= 0.3 is 5.97 Å². The second-order valence-electron chi connectivity index (χ2n) is 3.96. The predicted molar refractivity (Wildman–Crippen MR) is 57.9 cm³/mol. The molecular formula is C12H13NO3. The standard InChI is InChI=1S/C12H13NO3/c1-12(2,11(15)16-3)9-6-8(7-13)4-5-10(9)14/h4-6,14H,1-3H3. The summed E-state index contributed by atoms with van der Waals surface area (Å²) in [7, 11) is 1.29. The molecule has 1 N–H and O–H groups in total. The Morgan fingerprint density at radius 1 is 1.50 bits per heavy atom. The van der Waals surface area contributed by atoms with Gasteiger partial charge < -0.3 is 9.84 Å². The van der Waals surface area contributed by atoms with Crippen LogP contribution in [0, 0.1) is 11.3 Å². The number of esters is 1. The normalized spacial score (nSPS) is 10.6. The van der Waals surface area contributed by atoms with Crippen molar-refractivity contribution >= 4 is 5.97 Å². The summed E-state index contributed by atoms with van der Waals surface area (Å²) < 4.78 is 4.66. The number of aromatic hydroxyl groups is 1. The number of nitriles is 1. The van der Waals surface area contributed by atoms with Gasteiger partial charge in [0, 0.05) is 5.56 Å². The number of hydrogen-bond donors (Lipinski definition) is 1. The average molecular weight is 219 g/mol. The summed E-state index contributed by atoms with van der Waals surface area (Å²) in [4.78, 5) is 11.6. The minimum atomic E-state index is -0.980. The highest BCUT2D eigenvalue weighted by molar-refractivity contribution is 5.83. The van der Waals surface area contributed by atoms with Crippen molar-refractivity contribution in [2.75, 3.05) is 7.11 Å². The Morgan fingerprint density at radius 2 is 2.12 bits per heavy atom. The van der Waals surface area contributed by atoms with Gasteiger partial charge in [0.2, 0.25) is 0 Å². The molecule has 84 valence electrons. The van der Waals surface area contributed by atoms with Gasteiger partial charge in [-0.15, -0.1) is 0 Å². The minimum absolute atomic E-state index is 0.0191. The van der Waals surface area contributed by atoms with Crippen LogP contribution in [0.15, 0.2) is 18.2 Å². The molecule has 4 nitrogen and oxygen atoms in total. The summed E-state index contributed by atoms with van der Waals surface area (Å²) in [6.45, 7) is 3.27. The Kier molecular flexibility index (Phi) is 3.19. The molecule has 0 unspecified atom stereocenters. The second kappa shape index (κ2) is 4.23. The first-order valence-corrected chi connectivity index (χ1v) is 4.75. The zero-order chi connectivity index (χ0) is 12.3. The van der Waals surface area contributed by atoms with E-state index in [9.17, 15) is 9.90 Å². The minimum Gasteiger partial charge on any atom is -0.508 e. The van der Waals surface area contributed by atoms with E-state index < -0.39 is 11.4 Å². The third-order valence-corrected chi connectivity index (χ3v) is 2.49. The van der Waals surface area contributed by atoms with Gasteiger partial charge in [0.1, 0.15) is 5.75 Å². The van der Waals surface area contributed by atoms with E-state index >= 15 is 0 Å². The van der Waals surface area contributed by atoms with Crippen molar-refractivity contribution in [2.45, 2.75) is 19.3 Å². The molecule has 0 radical (unpaired) electrons. The second-order valence-corrected chi connectivity index (χ2v) is 3.96. The molecule has 0 aromatic heterocycles. The van der Waals surface area contributed by atoms with Crippen LogP contribution in [0.4, 0.5) is 0 Å². The number of nitrogens with zero attached hydrogens (tertiary/aromatic N) is 1. The van der Waals surface area contributed by atoms with Crippen molar-refractivity contribution in [3.05, 3.63) is 29.3 Å². The van der Waals surface area contributed by atoms with Crippen molar-refractivity contribution in [2.24, 2.45) is 0 Å². The van der Waals surface area contributed by atoms with Crippen molar-refractivity contribution in [1.29, 1.82) is 5.26 Å². The average Bonchev–Trinajstić information content (AvgIpc) is 2.28. The smallest absolute Gasteiger partial charge is 0.315 e. The molecule has 1 aromatic rings. The molecule has 0 atom stereocenters. The predicted octanol–water partition coefficient (Wildman–Crippen LogP) is 1.71. The largest absolute Gasteiger partial charge is 0.508 e. The maximum atomic E-state index is 11.6. The fraction of sp³-hybridized carbons (Fsp3) is 0.333. The highest BCUT2D eigenvalue weighted by Gasteiger charge is 2.33. The van der Waals surface area contributed by atoms with Gasteiger partial charge in [-0.2, -0.15) is 5.26 Å². The van der Waals surface area contributed by atoms with E-state index in [4.69, 9.17) is 5.26 Å². The van der Waals surface area contributed by atoms with Gasteiger partial charge in [-0.05, 0) is 32.0 Å². The van der Waals surface area contributed by atoms with Crippen LogP contribution in [0.3, 0.4) is 0 Å². The third-order valence-electron chi connectivity index (χ3n) is 2.49. The van der Waals surface area contributed by atoms with E-state index in [1.807, 2.05) is 6.07 Å². The number of benzene rings is 1. The fourth-order valence-electron chi connectivity index (χ4n) is 1.47. The molecular weight excluding hydrogens is 206 g/mol. The van der Waals surface area contributed by atoms with E-state index in [1.54, 1.807) is 13.8 Å². The molecule has 1 rings (SSSR count). The quantitative estimate of drug-likeness (QED) is 0.769. The molecule has 0 saturated heterocycles. The lowest BCUT2D eigenvalue weighted by Crippen LogP contribution is -2.30. The van der Waals surface area contributed by atoms with E-state index in [0.29, 0.717) is 11.1 Å². The van der Waals surface area contributed by atoms with Crippen LogP contribution in [0.1, 0.15) is 25.0 Å². The first kappa shape index (κ1) is 12.1. The van der Waals surface area contributed by atoms with Gasteiger partial charge in [-0.25, -0.2) is 0 Å². The van der Waals surface area contributed by atoms with Gasteiger partial charge in [0.05, 0.1) is 24.2 Å². The third kappa shape index (κ3) is 1.98. The molecule has 0 amide bonds. The summed E-state index contributed by atoms with van der Waals surface area (Å²) >= 11 is 0. The number of phenolic OH excluding ortho intramolecular Hbond substituents is 1. The maximum Gasteiger partial charge on any atom is 0.315 e. The van der Waals surface area contributed by atoms with Gasteiger partial charge in [-0.1, -0.05) is 0 Å². The zero-order valence-corrected chi connectivity index (χ0v) is 9.44. The summed E-state index contributed by atoms with van der Waals surface area (Å²) in [6, 6.07) is 6.35. The molecule has 0 spiro atoms. The molecule has 0 fully saturated rings. The topological polar surface area (TPSA) is 70.3 Å². The summed E-state index contributed by atoms with van der Waals surface area (Å²) in [6.07, 6.45) is 0. The van der Waals surface area contributed by atoms with Crippen LogP contribution in [0.25, 0.3) is 0 Å². The lowest BCUT2D eigenvalue weighted by Gasteiger charge is -2.22. The number of carbonyl (C=O) groups excluding carboxylic acids is 1. The Labute approximate surface area is 94.1 Å². The molecule has 0 aliphatic heterocycles. The van der Waals surface area contributed by atoms with Crippen LogP contribution in [-0.4, -0.2) is 18.2 Å². The van der Waals surface area contributed by atoms with Crippen LogP contribution >= 0.6 is 0 Å². The van der Waals surface area contributed by atoms with Crippen LogP contribution in [0.5, 0.6) is 5.75 Å². The molecule has 0 bridgehead atoms. The molecule has 0 aliphatic rings. The van der Waals surface area contributed by atoms with Crippen LogP contribution < -0.4 is 0 Å². The summed E-state index contributed by atoms with van der Waals surface area (Å²) in [5.74, 6) is -0.479. The van der Waals surface area contributed by atoms with Crippen molar-refractivity contribution in [3.8, 4) is 11.8 Å². The molecule has 16 heavy (non-hydrogen) atoms. The molecule has 4 heteroatoms. The SMILES string of the molecule is COC(=O)C(C)(C)c1cc(C#N)ccc1O. The van der Waals surface area contributed by atoms with Crippen LogP contribution in [-0.2, 0) is 14.9 Å². The maximum absolute atomic E-state index is 11.6. The number of hydrogen-bond acceptors (Lipinski definition) is 4. The van der Waals surface area contributed by atoms with E-state index in [0.717, 1.165) is 0 Å². The van der Waals surface area contributed by atoms with Crippen molar-refractivity contribution in [1.82, 2.24) is 0 Å². The number of carbonyl (C=O) groups is 1. The van der Waals surface area contributed by atoms with E-state index in [1.165, 1.54) is 25.3 Å². The van der Waals surface area contributed by atoms with E-state index in [-0.39, 0.29) is 5.75 Å². The Morgan fingerprint density at radius 3 is 2.62 bits per heavy atom. The zero-order valence-electron chi connectivity index (χ0n) is 9.44. The summed E-state index contributed by atoms with van der Waals surface area (Å²) in [5.41, 5.74) is -0.200. The monoisotopic (exact) mass is 219 g/mol. The van der Waals surface area contributed by atoms with E-state index in [2.05, 4.69) is 4.74 Å². The highest BCUT2D eigenvalue weighted by atomic mass is 16.5. The first-order valence-electron chi connectivity index (χ1n) is 4.75. The summed E-state index contributed by atoms with van der Waals surface area (Å²) in [5, 5.41) is 18.5. The lowest BCUT2D eigenvalue weighted by atomic mass is 9.83. The number of rotatable bonds is 2. The number of ether oxygens (including phenoxy) is 1. The van der Waals surface area contributed by atoms with Gasteiger partial charge in [-0.3, -0.25) is 4.79 Å². The molecule has 1 aromatic carbocycles. The lowest BCUT2D eigenvalue weighted by molar-refractivity contribution is -0.146. The van der Waals surface area contributed by atoms with Crippen LogP contribution in [0.2, 0.25) is 0 Å². The molecule has 0 heterocycles. The van der Waals surface area contributed by atoms with Gasteiger partial charge in [0.15, 0.2) is 0 Å². The fourth-order valence-corrected chi connectivity index (χ4v) is 1.47. The Balaban J connectivity index is 3.32. The molecule has 0 aliphatic carbocycles. The molecule has 0 saturated carbocycles. The first-order chi connectivity index (χ1) is 7.43. The van der Waals surface area contributed by atoms with Crippen molar-refractivity contribution < 1.29 is 14.6 Å². The highest BCUT2D eigenvalue weighted by Crippen LogP contribution is 2.32. The van der Waals surface area contributed by atoms with Crippen molar-refractivity contribution in [3.63, 3.8) is 0 Å². The number of methoxy groups -OCH3 is 1. The Hall–Kier alpha value is -2.02. The number of phenols is 1. The Bertz CT molecular complexity index is 458. The van der Waals surface area contributed by atoms with Gasteiger partial charge in [0.25, 0.3) is 0 Å².